The van der Waals surface area contributed by atoms with E-state index >= 15 is 0 Å². The van der Waals surface area contributed by atoms with Gasteiger partial charge in [0.1, 0.15) is 0 Å². The first-order valence-corrected chi connectivity index (χ1v) is 11.2. The number of rotatable bonds is 5. The van der Waals surface area contributed by atoms with Crippen molar-refractivity contribution in [3.63, 3.8) is 0 Å². The number of nitrogens with one attached hydrogen (secondary N) is 1. The number of aryl methyl sites for hydroxylation is 1. The molecule has 0 bridgehead atoms. The Kier molecular flexibility index (Phi) is 5.85. The molecule has 1 amide bonds. The van der Waals surface area contributed by atoms with Crippen LogP contribution >= 0.6 is 11.8 Å². The molecule has 2 N–H and O–H groups in total. The molecule has 5 nitrogen and oxygen atoms in total. The third kappa shape index (κ3) is 4.17. The fraction of sp³-hybridized carbons (Fsp3) is 0.500. The second kappa shape index (κ2) is 8.52. The van der Waals surface area contributed by atoms with Crippen LogP contribution in [0.2, 0.25) is 0 Å². The molecule has 0 saturated heterocycles. The van der Waals surface area contributed by atoms with E-state index in [0.717, 1.165) is 60.0 Å². The van der Waals surface area contributed by atoms with Gasteiger partial charge >= 0.3 is 5.97 Å². The van der Waals surface area contributed by atoms with Crippen molar-refractivity contribution >= 4 is 34.5 Å². The second-order valence-corrected chi connectivity index (χ2v) is 8.78. The Labute approximate surface area is 169 Å². The number of carboxylic acid groups (broad SMARTS) is 1. The van der Waals surface area contributed by atoms with Crippen LogP contribution in [0.4, 0.5) is 0 Å². The number of aromatic nitrogens is 1. The van der Waals surface area contributed by atoms with Crippen LogP contribution in [0.1, 0.15) is 66.6 Å². The number of fused-ring (bicyclic) bond motifs is 2. The second-order valence-electron chi connectivity index (χ2n) is 7.80. The molecule has 2 aliphatic carbocycles. The summed E-state index contributed by atoms with van der Waals surface area (Å²) in [7, 11) is 0. The molecular weight excluding hydrogens is 372 g/mol. The summed E-state index contributed by atoms with van der Waals surface area (Å²) < 4.78 is 0. The average Bonchev–Trinajstić information content (AvgIpc) is 2.71. The van der Waals surface area contributed by atoms with E-state index in [9.17, 15) is 9.59 Å². The Balaban J connectivity index is 1.66. The number of hydrogen-bond donors (Lipinski definition) is 2. The van der Waals surface area contributed by atoms with Crippen LogP contribution < -0.4 is 5.32 Å². The fourth-order valence-corrected chi connectivity index (χ4v) is 5.33. The SMILES string of the molecule is O=C(O)CSc1c2c(nc3cc(C(=O)NC4CCCCC4)ccc13)CCCC2. The van der Waals surface area contributed by atoms with Gasteiger partial charge in [0.2, 0.25) is 0 Å². The highest BCUT2D eigenvalue weighted by Gasteiger charge is 2.21. The van der Waals surface area contributed by atoms with Crippen molar-refractivity contribution in [2.45, 2.75) is 68.7 Å². The molecule has 1 fully saturated rings. The van der Waals surface area contributed by atoms with Crippen molar-refractivity contribution in [3.8, 4) is 0 Å². The highest BCUT2D eigenvalue weighted by molar-refractivity contribution is 8.00. The van der Waals surface area contributed by atoms with Crippen molar-refractivity contribution in [1.82, 2.24) is 10.3 Å². The summed E-state index contributed by atoms with van der Waals surface area (Å²) in [5.74, 6) is -0.814. The van der Waals surface area contributed by atoms with E-state index in [1.165, 1.54) is 36.6 Å². The molecule has 2 aliphatic rings. The summed E-state index contributed by atoms with van der Waals surface area (Å²) in [5, 5.41) is 13.3. The summed E-state index contributed by atoms with van der Waals surface area (Å²) in [5.41, 5.74) is 3.70. The lowest BCUT2D eigenvalue weighted by molar-refractivity contribution is -0.133. The molecule has 2 aromatic rings. The number of aliphatic carboxylic acids is 1. The Bertz CT molecular complexity index is 906. The van der Waals surface area contributed by atoms with E-state index in [1.54, 1.807) is 0 Å². The number of carbonyl (C=O) groups excluding carboxylic acids is 1. The van der Waals surface area contributed by atoms with Gasteiger partial charge in [0.05, 0.1) is 11.3 Å². The zero-order chi connectivity index (χ0) is 19.5. The molecule has 0 spiro atoms. The van der Waals surface area contributed by atoms with Crippen molar-refractivity contribution in [2.24, 2.45) is 0 Å². The maximum atomic E-state index is 12.7. The maximum Gasteiger partial charge on any atom is 0.313 e. The number of nitrogens with zero attached hydrogens (tertiary/aromatic N) is 1. The van der Waals surface area contributed by atoms with Crippen LogP contribution in [0.3, 0.4) is 0 Å². The highest BCUT2D eigenvalue weighted by Crippen LogP contribution is 2.36. The van der Waals surface area contributed by atoms with Gasteiger partial charge in [-0.1, -0.05) is 25.3 Å². The average molecular weight is 399 g/mol. The molecule has 0 unspecified atom stereocenters. The maximum absolute atomic E-state index is 12.7. The summed E-state index contributed by atoms with van der Waals surface area (Å²) >= 11 is 1.38. The van der Waals surface area contributed by atoms with Gasteiger partial charge in [-0.2, -0.15) is 0 Å². The lowest BCUT2D eigenvalue weighted by Gasteiger charge is -2.23. The third-order valence-electron chi connectivity index (χ3n) is 5.75. The standard InChI is InChI=1S/C22H26N2O3S/c25-20(26)13-28-21-16-8-4-5-9-18(16)24-19-12-14(10-11-17(19)21)22(27)23-15-6-2-1-3-7-15/h10-12,15H,1-9,13H2,(H,23,27)(H,25,26). The van der Waals surface area contributed by atoms with Gasteiger partial charge in [-0.3, -0.25) is 14.6 Å². The topological polar surface area (TPSA) is 79.3 Å². The van der Waals surface area contributed by atoms with Crippen LogP contribution in [0.25, 0.3) is 10.9 Å². The quantitative estimate of drug-likeness (QED) is 0.732. The van der Waals surface area contributed by atoms with Crippen molar-refractivity contribution in [2.75, 3.05) is 5.75 Å². The normalized spacial score (nSPS) is 17.3. The first kappa shape index (κ1) is 19.2. The van der Waals surface area contributed by atoms with Gasteiger partial charge in [-0.25, -0.2) is 0 Å². The molecule has 1 saturated carbocycles. The lowest BCUT2D eigenvalue weighted by atomic mass is 9.94. The molecule has 1 aromatic carbocycles. The fourth-order valence-electron chi connectivity index (χ4n) is 4.34. The Hall–Kier alpha value is -2.08. The van der Waals surface area contributed by atoms with Crippen molar-refractivity contribution in [3.05, 3.63) is 35.0 Å². The summed E-state index contributed by atoms with van der Waals surface area (Å²) in [6.07, 6.45) is 9.82. The van der Waals surface area contributed by atoms with Crippen LogP contribution in [-0.4, -0.2) is 33.8 Å². The molecule has 148 valence electrons. The van der Waals surface area contributed by atoms with E-state index in [0.29, 0.717) is 5.56 Å². The monoisotopic (exact) mass is 398 g/mol. The van der Waals surface area contributed by atoms with E-state index in [-0.39, 0.29) is 17.7 Å². The van der Waals surface area contributed by atoms with E-state index in [2.05, 4.69) is 5.32 Å². The van der Waals surface area contributed by atoms with Gasteiger partial charge < -0.3 is 10.4 Å². The minimum atomic E-state index is -0.817. The van der Waals surface area contributed by atoms with Gasteiger partial charge in [-0.05, 0) is 56.2 Å². The summed E-state index contributed by atoms with van der Waals surface area (Å²) in [4.78, 5) is 29.7. The number of amides is 1. The number of hydrogen-bond acceptors (Lipinski definition) is 4. The molecule has 0 aliphatic heterocycles. The lowest BCUT2D eigenvalue weighted by Crippen LogP contribution is -2.36. The zero-order valence-corrected chi connectivity index (χ0v) is 16.8. The van der Waals surface area contributed by atoms with E-state index in [1.807, 2.05) is 18.2 Å². The molecule has 0 radical (unpaired) electrons. The Morgan fingerprint density at radius 1 is 1.11 bits per heavy atom. The highest BCUT2D eigenvalue weighted by atomic mass is 32.2. The summed E-state index contributed by atoms with van der Waals surface area (Å²) in [6.45, 7) is 0. The molecule has 1 aromatic heterocycles. The number of thioether (sulfide) groups is 1. The van der Waals surface area contributed by atoms with Crippen LogP contribution in [0, 0.1) is 0 Å². The molecule has 0 atom stereocenters. The predicted octanol–water partition coefficient (Wildman–Crippen LogP) is 4.35. The number of benzene rings is 1. The smallest absolute Gasteiger partial charge is 0.313 e. The molecule has 1 heterocycles. The minimum Gasteiger partial charge on any atom is -0.481 e. The number of carboxylic acids is 1. The van der Waals surface area contributed by atoms with Crippen LogP contribution in [0.15, 0.2) is 23.1 Å². The van der Waals surface area contributed by atoms with E-state index in [4.69, 9.17) is 10.1 Å². The first-order chi connectivity index (χ1) is 13.6. The van der Waals surface area contributed by atoms with Gasteiger partial charge in [0.15, 0.2) is 0 Å². The van der Waals surface area contributed by atoms with Crippen LogP contribution in [0.5, 0.6) is 0 Å². The van der Waals surface area contributed by atoms with Crippen molar-refractivity contribution in [1.29, 1.82) is 0 Å². The number of pyridine rings is 1. The van der Waals surface area contributed by atoms with Crippen LogP contribution in [-0.2, 0) is 17.6 Å². The predicted molar refractivity (Wildman–Crippen MR) is 111 cm³/mol. The van der Waals surface area contributed by atoms with Gasteiger partial charge in [-0.15, -0.1) is 11.8 Å². The number of carbonyl (C=O) groups is 2. The molecule has 4 rings (SSSR count). The molecule has 6 heteroatoms. The summed E-state index contributed by atoms with van der Waals surface area (Å²) in [6, 6.07) is 5.93. The van der Waals surface area contributed by atoms with Gasteiger partial charge in [0.25, 0.3) is 5.91 Å². The molecule has 28 heavy (non-hydrogen) atoms. The zero-order valence-electron chi connectivity index (χ0n) is 16.0. The first-order valence-electron chi connectivity index (χ1n) is 10.2. The van der Waals surface area contributed by atoms with E-state index < -0.39 is 5.97 Å². The largest absolute Gasteiger partial charge is 0.481 e. The Morgan fingerprint density at radius 3 is 2.68 bits per heavy atom. The minimum absolute atomic E-state index is 0.0342. The van der Waals surface area contributed by atoms with Gasteiger partial charge in [0, 0.05) is 27.6 Å². The molecular formula is C22H26N2O3S. The third-order valence-corrected chi connectivity index (χ3v) is 6.90. The Morgan fingerprint density at radius 2 is 1.89 bits per heavy atom. The van der Waals surface area contributed by atoms with Crippen molar-refractivity contribution < 1.29 is 14.7 Å².